The summed E-state index contributed by atoms with van der Waals surface area (Å²) in [6.45, 7) is 13.8. The zero-order valence-corrected chi connectivity index (χ0v) is 34.2. The average molecular weight is 748 g/mol. The molecule has 0 unspecified atom stereocenters. The zero-order chi connectivity index (χ0) is 39.3. The van der Waals surface area contributed by atoms with E-state index in [0.717, 1.165) is 60.8 Å². The summed E-state index contributed by atoms with van der Waals surface area (Å²) < 4.78 is 6.40. The Morgan fingerprint density at radius 2 is 1.69 bits per heavy atom. The molecule has 296 valence electrons. The minimum atomic E-state index is -1.21. The van der Waals surface area contributed by atoms with Gasteiger partial charge in [-0.3, -0.25) is 4.79 Å². The number of hydrogen-bond acceptors (Lipinski definition) is 5. The first-order valence-electron chi connectivity index (χ1n) is 21.2. The number of carbonyl (C=O) groups is 2. The SMILES string of the molecule is CCCN(C[C@]1(O)CC[C@H]2c3ccc(cc3C(=O)c3ccccc3-c3ccccc3)C[C@@H](O)CCC(C)=CCC[C@@]21C)C(=O)O[C@H]1C[C@@H](C)CC[C@@H]1C(C)C. The Balaban J connectivity index is 1.40. The molecule has 7 atom stereocenters. The number of rotatable bonds is 9. The second-order valence-corrected chi connectivity index (χ2v) is 17.9. The summed E-state index contributed by atoms with van der Waals surface area (Å²) in [5, 5.41) is 24.2. The lowest BCUT2D eigenvalue weighted by Crippen LogP contribution is -2.54. The number of ether oxygens (including phenoxy) is 1. The molecule has 1 amide bonds. The van der Waals surface area contributed by atoms with Gasteiger partial charge in [0.05, 0.1) is 18.2 Å². The van der Waals surface area contributed by atoms with Crippen LogP contribution in [0.4, 0.5) is 4.79 Å². The van der Waals surface area contributed by atoms with E-state index in [-0.39, 0.29) is 30.4 Å². The second kappa shape index (κ2) is 17.6. The Bertz CT molecular complexity index is 1820. The normalized spacial score (nSPS) is 28.6. The predicted molar refractivity (Wildman–Crippen MR) is 222 cm³/mol. The van der Waals surface area contributed by atoms with Gasteiger partial charge in [0, 0.05) is 23.1 Å². The fourth-order valence-corrected chi connectivity index (χ4v) is 10.2. The molecule has 0 spiro atoms. The number of ketones is 1. The van der Waals surface area contributed by atoms with Crippen molar-refractivity contribution >= 4 is 11.9 Å². The maximum absolute atomic E-state index is 15.0. The van der Waals surface area contributed by atoms with Crippen molar-refractivity contribution in [2.24, 2.45) is 23.2 Å². The topological polar surface area (TPSA) is 87.1 Å². The Hall–Kier alpha value is -3.74. The minimum absolute atomic E-state index is 0.0518. The minimum Gasteiger partial charge on any atom is -0.446 e. The quantitative estimate of drug-likeness (QED) is 0.168. The van der Waals surface area contributed by atoms with Crippen LogP contribution in [0.2, 0.25) is 0 Å². The van der Waals surface area contributed by atoms with Crippen molar-refractivity contribution in [1.82, 2.24) is 4.90 Å². The van der Waals surface area contributed by atoms with Gasteiger partial charge in [-0.15, -0.1) is 0 Å². The molecule has 3 aromatic rings. The van der Waals surface area contributed by atoms with E-state index < -0.39 is 17.1 Å². The summed E-state index contributed by atoms with van der Waals surface area (Å²) in [6, 6.07) is 24.0. The Kier molecular flexibility index (Phi) is 13.1. The lowest BCUT2D eigenvalue weighted by Gasteiger charge is -2.46. The van der Waals surface area contributed by atoms with E-state index in [1.165, 1.54) is 5.57 Å². The van der Waals surface area contributed by atoms with Crippen LogP contribution in [0, 0.1) is 23.2 Å². The molecule has 6 nitrogen and oxygen atoms in total. The van der Waals surface area contributed by atoms with Crippen molar-refractivity contribution in [3.8, 4) is 11.1 Å². The van der Waals surface area contributed by atoms with Crippen LogP contribution < -0.4 is 0 Å². The zero-order valence-electron chi connectivity index (χ0n) is 34.2. The first-order valence-corrected chi connectivity index (χ1v) is 21.2. The molecule has 0 saturated heterocycles. The van der Waals surface area contributed by atoms with Gasteiger partial charge in [0.25, 0.3) is 0 Å². The standard InChI is InChI=1S/C49H65NO5/c1-7-28-50(47(53)55-45-29-35(5)20-23-39(45)33(2)3)32-49(54)27-25-44-41-24-21-36(30-38(51)22-19-34(4)14-13-26-48(44,49)6)31-43(41)46(52)42-18-12-11-17-40(42)37-15-9-8-10-16-37/h8-12,14-18,21,24,31,33,35,38-39,44-45,51,54H,7,13,19-20,22-23,25-30,32H2,1-6H3/t35-,38-,39+,44-,45-,48-,49+/m0/s1. The van der Waals surface area contributed by atoms with Gasteiger partial charge in [-0.1, -0.05) is 119 Å². The van der Waals surface area contributed by atoms with Crippen LogP contribution >= 0.6 is 0 Å². The highest BCUT2D eigenvalue weighted by atomic mass is 16.6. The van der Waals surface area contributed by atoms with Crippen LogP contribution in [0.25, 0.3) is 11.1 Å². The summed E-state index contributed by atoms with van der Waals surface area (Å²) >= 11 is 0. The second-order valence-electron chi connectivity index (χ2n) is 17.9. The molecular weight excluding hydrogens is 683 g/mol. The number of aliphatic hydroxyl groups is 2. The highest BCUT2D eigenvalue weighted by Gasteiger charge is 2.58. The van der Waals surface area contributed by atoms with Gasteiger partial charge in [0.2, 0.25) is 0 Å². The molecular formula is C49H65NO5. The van der Waals surface area contributed by atoms with Gasteiger partial charge in [-0.2, -0.15) is 0 Å². The fraction of sp³-hybridized carbons (Fsp3) is 0.551. The molecule has 4 aliphatic rings. The molecule has 2 fully saturated rings. The van der Waals surface area contributed by atoms with Gasteiger partial charge in [-0.25, -0.2) is 4.79 Å². The molecule has 2 bridgehead atoms. The molecule has 2 N–H and O–H groups in total. The molecule has 0 aromatic heterocycles. The molecule has 7 rings (SSSR count). The van der Waals surface area contributed by atoms with E-state index in [9.17, 15) is 15.0 Å². The number of hydrogen-bond donors (Lipinski definition) is 2. The molecule has 6 heteroatoms. The number of benzene rings is 3. The van der Waals surface area contributed by atoms with Gasteiger partial charge in [0.15, 0.2) is 5.78 Å². The highest BCUT2D eigenvalue weighted by Crippen LogP contribution is 2.59. The third kappa shape index (κ3) is 8.97. The lowest BCUT2D eigenvalue weighted by molar-refractivity contribution is -0.0862. The number of allylic oxidation sites excluding steroid dienone is 2. The van der Waals surface area contributed by atoms with Crippen LogP contribution in [0.3, 0.4) is 0 Å². The Morgan fingerprint density at radius 3 is 2.44 bits per heavy atom. The largest absolute Gasteiger partial charge is 0.446 e. The monoisotopic (exact) mass is 747 g/mol. The smallest absolute Gasteiger partial charge is 0.410 e. The third-order valence-electron chi connectivity index (χ3n) is 13.6. The maximum Gasteiger partial charge on any atom is 0.410 e. The lowest BCUT2D eigenvalue weighted by atomic mass is 9.64. The molecule has 55 heavy (non-hydrogen) atoms. The number of nitrogens with zero attached hydrogens (tertiary/aromatic N) is 1. The van der Waals surface area contributed by atoms with E-state index in [1.54, 1.807) is 4.90 Å². The van der Waals surface area contributed by atoms with Gasteiger partial charge in [-0.05, 0) is 123 Å². The molecule has 3 aromatic carbocycles. The molecule has 2 saturated carbocycles. The molecule has 0 heterocycles. The van der Waals surface area contributed by atoms with Gasteiger partial charge in [0.1, 0.15) is 6.10 Å². The van der Waals surface area contributed by atoms with Crippen molar-refractivity contribution in [2.75, 3.05) is 13.1 Å². The van der Waals surface area contributed by atoms with Crippen molar-refractivity contribution in [2.45, 2.75) is 136 Å². The maximum atomic E-state index is 15.0. The van der Waals surface area contributed by atoms with Crippen LogP contribution in [0.15, 0.2) is 84.4 Å². The van der Waals surface area contributed by atoms with E-state index in [1.807, 2.05) is 60.7 Å². The summed E-state index contributed by atoms with van der Waals surface area (Å²) in [7, 11) is 0. The predicted octanol–water partition coefficient (Wildman–Crippen LogP) is 10.9. The van der Waals surface area contributed by atoms with Crippen molar-refractivity contribution in [3.63, 3.8) is 0 Å². The number of aliphatic hydroxyl groups excluding tert-OH is 1. The van der Waals surface area contributed by atoms with Crippen molar-refractivity contribution < 1.29 is 24.5 Å². The molecule has 0 radical (unpaired) electrons. The van der Waals surface area contributed by atoms with E-state index >= 15 is 4.79 Å². The summed E-state index contributed by atoms with van der Waals surface area (Å²) in [4.78, 5) is 31.0. The fourth-order valence-electron chi connectivity index (χ4n) is 10.2. The average Bonchev–Trinajstić information content (AvgIpc) is 3.42. The van der Waals surface area contributed by atoms with Crippen molar-refractivity contribution in [3.05, 3.63) is 107 Å². The van der Waals surface area contributed by atoms with E-state index in [4.69, 9.17) is 4.74 Å². The van der Waals surface area contributed by atoms with E-state index in [2.05, 4.69) is 59.8 Å². The third-order valence-corrected chi connectivity index (χ3v) is 13.6. The van der Waals surface area contributed by atoms with Crippen LogP contribution in [-0.2, 0) is 11.2 Å². The van der Waals surface area contributed by atoms with Gasteiger partial charge < -0.3 is 19.8 Å². The first-order chi connectivity index (χ1) is 26.3. The van der Waals surface area contributed by atoms with Crippen LogP contribution in [0.5, 0.6) is 0 Å². The van der Waals surface area contributed by atoms with E-state index in [0.29, 0.717) is 67.5 Å². The summed E-state index contributed by atoms with van der Waals surface area (Å²) in [6.07, 6.45) is 9.68. The molecule has 0 aliphatic heterocycles. The molecule has 4 aliphatic carbocycles. The first kappa shape index (κ1) is 40.9. The number of amides is 1. The summed E-state index contributed by atoms with van der Waals surface area (Å²) in [5.41, 5.74) is 4.36. The van der Waals surface area contributed by atoms with Crippen molar-refractivity contribution in [1.29, 1.82) is 0 Å². The Morgan fingerprint density at radius 1 is 0.945 bits per heavy atom. The van der Waals surface area contributed by atoms with Gasteiger partial charge >= 0.3 is 6.09 Å². The number of fused-ring (bicyclic) bond motifs is 8. The number of carbonyl (C=O) groups excluding carboxylic acids is 2. The Labute approximate surface area is 330 Å². The summed E-state index contributed by atoms with van der Waals surface area (Å²) in [5.74, 6) is 1.08. The van der Waals surface area contributed by atoms with Crippen LogP contribution in [-0.4, -0.2) is 57.9 Å². The van der Waals surface area contributed by atoms with Crippen LogP contribution in [0.1, 0.15) is 139 Å². The highest BCUT2D eigenvalue weighted by molar-refractivity contribution is 6.13.